The zero-order valence-electron chi connectivity index (χ0n) is 12.9. The average Bonchev–Trinajstić information content (AvgIpc) is 2.71. The summed E-state index contributed by atoms with van der Waals surface area (Å²) in [5.41, 5.74) is -1.06. The Hall–Kier alpha value is -1.06. The van der Waals surface area contributed by atoms with Crippen LogP contribution >= 0.6 is 0 Å². The van der Waals surface area contributed by atoms with E-state index in [2.05, 4.69) is 19.2 Å². The lowest BCUT2D eigenvalue weighted by Gasteiger charge is -2.41. The topological polar surface area (TPSA) is 66.4 Å². The first-order chi connectivity index (χ1) is 9.29. The lowest BCUT2D eigenvalue weighted by atomic mass is 9.72. The molecule has 0 aromatic carbocycles. The van der Waals surface area contributed by atoms with E-state index in [-0.39, 0.29) is 23.2 Å². The van der Waals surface area contributed by atoms with E-state index in [1.807, 2.05) is 6.92 Å². The summed E-state index contributed by atoms with van der Waals surface area (Å²) in [5, 5.41) is 12.6. The maximum Gasteiger partial charge on any atom is 0.329 e. The zero-order valence-corrected chi connectivity index (χ0v) is 12.9. The Kier molecular flexibility index (Phi) is 4.12. The summed E-state index contributed by atoms with van der Waals surface area (Å²) in [4.78, 5) is 24.4. The van der Waals surface area contributed by atoms with E-state index in [1.165, 1.54) is 0 Å². The van der Waals surface area contributed by atoms with Gasteiger partial charge in [0.15, 0.2) is 0 Å². The summed E-state index contributed by atoms with van der Waals surface area (Å²) >= 11 is 0. The van der Waals surface area contributed by atoms with Crippen LogP contribution in [0.5, 0.6) is 0 Å². The van der Waals surface area contributed by atoms with Gasteiger partial charge in [0.2, 0.25) is 5.91 Å². The molecule has 0 radical (unpaired) electrons. The Morgan fingerprint density at radius 1 is 1.10 bits per heavy atom. The Labute approximate surface area is 121 Å². The molecule has 2 rings (SSSR count). The highest BCUT2D eigenvalue weighted by Crippen LogP contribution is 2.43. The van der Waals surface area contributed by atoms with Crippen molar-refractivity contribution in [3.8, 4) is 0 Å². The summed E-state index contributed by atoms with van der Waals surface area (Å²) in [7, 11) is 0. The molecule has 0 aliphatic heterocycles. The van der Waals surface area contributed by atoms with Gasteiger partial charge in [0.05, 0.1) is 0 Å². The van der Waals surface area contributed by atoms with Crippen LogP contribution in [0.25, 0.3) is 0 Å². The molecular weight excluding hydrogens is 254 g/mol. The van der Waals surface area contributed by atoms with E-state index in [0.717, 1.165) is 38.5 Å². The third-order valence-electron chi connectivity index (χ3n) is 5.60. The summed E-state index contributed by atoms with van der Waals surface area (Å²) < 4.78 is 0. The molecule has 1 amide bonds. The molecule has 0 aromatic heterocycles. The molecule has 0 aromatic rings. The van der Waals surface area contributed by atoms with Crippen LogP contribution in [0.2, 0.25) is 0 Å². The quantitative estimate of drug-likeness (QED) is 0.835. The van der Waals surface area contributed by atoms with Crippen LogP contribution < -0.4 is 5.32 Å². The second-order valence-electron chi connectivity index (χ2n) is 7.35. The normalized spacial score (nSPS) is 36.5. The minimum Gasteiger partial charge on any atom is -0.479 e. The van der Waals surface area contributed by atoms with Crippen LogP contribution in [0.1, 0.15) is 65.7 Å². The molecule has 20 heavy (non-hydrogen) atoms. The number of hydrogen-bond acceptors (Lipinski definition) is 2. The maximum absolute atomic E-state index is 12.6. The van der Waals surface area contributed by atoms with E-state index in [9.17, 15) is 14.7 Å². The van der Waals surface area contributed by atoms with Gasteiger partial charge in [-0.2, -0.15) is 0 Å². The Morgan fingerprint density at radius 3 is 2.30 bits per heavy atom. The number of hydrogen-bond donors (Lipinski definition) is 2. The molecule has 3 unspecified atom stereocenters. The summed E-state index contributed by atoms with van der Waals surface area (Å²) in [6.07, 6.45) is 6.35. The molecule has 2 aliphatic rings. The first kappa shape index (κ1) is 15.3. The van der Waals surface area contributed by atoms with Gasteiger partial charge in [0.1, 0.15) is 5.54 Å². The molecular formula is C16H27NO3. The van der Waals surface area contributed by atoms with E-state index in [4.69, 9.17) is 0 Å². The van der Waals surface area contributed by atoms with Crippen molar-refractivity contribution in [1.29, 1.82) is 0 Å². The SMILES string of the molecule is CC1CCCCC1(NC(=O)C1CCCC1(C)C)C(=O)O. The van der Waals surface area contributed by atoms with Crippen molar-refractivity contribution in [2.45, 2.75) is 71.3 Å². The molecule has 2 N–H and O–H groups in total. The van der Waals surface area contributed by atoms with Gasteiger partial charge in [0, 0.05) is 5.92 Å². The highest BCUT2D eigenvalue weighted by molar-refractivity contribution is 5.89. The van der Waals surface area contributed by atoms with Crippen molar-refractivity contribution in [3.63, 3.8) is 0 Å². The number of carbonyl (C=O) groups is 2. The second kappa shape index (κ2) is 5.38. The molecule has 2 fully saturated rings. The number of carboxylic acid groups (broad SMARTS) is 1. The number of nitrogens with one attached hydrogen (secondary N) is 1. The molecule has 0 spiro atoms. The number of amides is 1. The van der Waals surface area contributed by atoms with Gasteiger partial charge in [-0.05, 0) is 37.0 Å². The Bertz CT molecular complexity index is 405. The van der Waals surface area contributed by atoms with Crippen molar-refractivity contribution in [3.05, 3.63) is 0 Å². The molecule has 114 valence electrons. The highest BCUT2D eigenvalue weighted by Gasteiger charge is 2.49. The average molecular weight is 281 g/mol. The van der Waals surface area contributed by atoms with Gasteiger partial charge in [-0.3, -0.25) is 4.79 Å². The van der Waals surface area contributed by atoms with Gasteiger partial charge < -0.3 is 10.4 Å². The monoisotopic (exact) mass is 281 g/mol. The molecule has 2 saturated carbocycles. The van der Waals surface area contributed by atoms with E-state index >= 15 is 0 Å². The van der Waals surface area contributed by atoms with Crippen molar-refractivity contribution in [1.82, 2.24) is 5.32 Å². The standard InChI is InChI=1S/C16H27NO3/c1-11-7-4-5-10-16(11,14(19)20)17-13(18)12-8-6-9-15(12,2)3/h11-12H,4-10H2,1-3H3,(H,17,18)(H,19,20). The first-order valence-electron chi connectivity index (χ1n) is 7.85. The Balaban J connectivity index is 2.16. The molecule has 4 heteroatoms. The van der Waals surface area contributed by atoms with E-state index < -0.39 is 11.5 Å². The lowest BCUT2D eigenvalue weighted by Crippen LogP contribution is -2.61. The van der Waals surface area contributed by atoms with Crippen LogP contribution in [-0.4, -0.2) is 22.5 Å². The predicted octanol–water partition coefficient (Wildman–Crippen LogP) is 2.96. The van der Waals surface area contributed by atoms with Crippen LogP contribution in [-0.2, 0) is 9.59 Å². The lowest BCUT2D eigenvalue weighted by molar-refractivity contribution is -0.153. The summed E-state index contributed by atoms with van der Waals surface area (Å²) in [6, 6.07) is 0. The fourth-order valence-electron chi connectivity index (χ4n) is 4.02. The summed E-state index contributed by atoms with van der Waals surface area (Å²) in [5.74, 6) is -0.965. The number of carboxylic acids is 1. The summed E-state index contributed by atoms with van der Waals surface area (Å²) in [6.45, 7) is 6.18. The predicted molar refractivity (Wildman–Crippen MR) is 77.3 cm³/mol. The van der Waals surface area contributed by atoms with Crippen LogP contribution in [0.3, 0.4) is 0 Å². The van der Waals surface area contributed by atoms with Crippen molar-refractivity contribution >= 4 is 11.9 Å². The number of rotatable bonds is 3. The third kappa shape index (κ3) is 2.57. The number of carbonyl (C=O) groups excluding carboxylic acids is 1. The van der Waals surface area contributed by atoms with E-state index in [1.54, 1.807) is 0 Å². The zero-order chi connectivity index (χ0) is 15.0. The van der Waals surface area contributed by atoms with Gasteiger partial charge in [-0.1, -0.05) is 40.0 Å². The van der Waals surface area contributed by atoms with Crippen molar-refractivity contribution < 1.29 is 14.7 Å². The van der Waals surface area contributed by atoms with E-state index in [0.29, 0.717) is 6.42 Å². The second-order valence-corrected chi connectivity index (χ2v) is 7.35. The van der Waals surface area contributed by atoms with Crippen LogP contribution in [0.4, 0.5) is 0 Å². The van der Waals surface area contributed by atoms with Gasteiger partial charge in [0.25, 0.3) is 0 Å². The molecule has 0 saturated heterocycles. The minimum atomic E-state index is -1.05. The molecule has 3 atom stereocenters. The molecule has 0 bridgehead atoms. The largest absolute Gasteiger partial charge is 0.479 e. The van der Waals surface area contributed by atoms with Crippen molar-refractivity contribution in [2.75, 3.05) is 0 Å². The van der Waals surface area contributed by atoms with Gasteiger partial charge >= 0.3 is 5.97 Å². The first-order valence-corrected chi connectivity index (χ1v) is 7.85. The van der Waals surface area contributed by atoms with Gasteiger partial charge in [-0.25, -0.2) is 4.79 Å². The smallest absolute Gasteiger partial charge is 0.329 e. The Morgan fingerprint density at radius 2 is 1.80 bits per heavy atom. The fourth-order valence-corrected chi connectivity index (χ4v) is 4.02. The maximum atomic E-state index is 12.6. The number of aliphatic carboxylic acids is 1. The molecule has 4 nitrogen and oxygen atoms in total. The minimum absolute atomic E-state index is 0.00205. The van der Waals surface area contributed by atoms with Crippen LogP contribution in [0.15, 0.2) is 0 Å². The van der Waals surface area contributed by atoms with Crippen LogP contribution in [0, 0.1) is 17.3 Å². The van der Waals surface area contributed by atoms with Gasteiger partial charge in [-0.15, -0.1) is 0 Å². The van der Waals surface area contributed by atoms with Crippen molar-refractivity contribution in [2.24, 2.45) is 17.3 Å². The molecule has 0 heterocycles. The highest BCUT2D eigenvalue weighted by atomic mass is 16.4. The molecule has 2 aliphatic carbocycles. The third-order valence-corrected chi connectivity index (χ3v) is 5.60. The fraction of sp³-hybridized carbons (Fsp3) is 0.875.